The number of imidazole rings is 1. The first-order chi connectivity index (χ1) is 17.0. The number of para-hydroxylation sites is 1. The summed E-state index contributed by atoms with van der Waals surface area (Å²) in [5.41, 5.74) is 1.41. The summed E-state index contributed by atoms with van der Waals surface area (Å²) in [6, 6.07) is 14.3. The van der Waals surface area contributed by atoms with E-state index in [1.165, 1.54) is 27.1 Å². The number of rotatable bonds is 7. The number of nitrogens with zero attached hydrogens (tertiary/aromatic N) is 4. The Bertz CT molecular complexity index is 1530. The number of carbonyl (C=O) groups excluding carboxylic acids is 1. The number of fused-ring (bicyclic) bond motifs is 1. The molecule has 1 saturated heterocycles. The number of aromatic nitrogens is 4. The monoisotopic (exact) mass is 474 g/mol. The standard InChI is InChI=1S/C26H26N4O5/c1-17-7-3-4-11-21(17)30-24-23(25(32)29(26(30)33)14-20-10-6-12-35-20)28(16-27-24)15-22(31)18-8-5-9-19(13-18)34-2/h3-5,7-9,11,13,16,20H,6,10,12,14-15H2,1-2H3/t20-/m0/s1. The summed E-state index contributed by atoms with van der Waals surface area (Å²) >= 11 is 0. The predicted octanol–water partition coefficient (Wildman–Crippen LogP) is 2.73. The molecule has 3 heterocycles. The van der Waals surface area contributed by atoms with Crippen LogP contribution in [0, 0.1) is 6.92 Å². The molecule has 0 unspecified atom stereocenters. The summed E-state index contributed by atoms with van der Waals surface area (Å²) in [5.74, 6) is 0.362. The van der Waals surface area contributed by atoms with E-state index in [0.717, 1.165) is 18.4 Å². The van der Waals surface area contributed by atoms with Crippen molar-refractivity contribution in [1.29, 1.82) is 0 Å². The van der Waals surface area contributed by atoms with Gasteiger partial charge in [-0.05, 0) is 43.5 Å². The summed E-state index contributed by atoms with van der Waals surface area (Å²) in [4.78, 5) is 44.7. The van der Waals surface area contributed by atoms with E-state index in [2.05, 4.69) is 4.98 Å². The molecule has 1 aliphatic heterocycles. The van der Waals surface area contributed by atoms with E-state index < -0.39 is 11.2 Å². The van der Waals surface area contributed by atoms with Crippen LogP contribution in [0.25, 0.3) is 16.9 Å². The molecule has 0 radical (unpaired) electrons. The number of benzene rings is 2. The number of hydrogen-bond acceptors (Lipinski definition) is 6. The molecule has 4 aromatic rings. The number of ketones is 1. The Balaban J connectivity index is 1.67. The van der Waals surface area contributed by atoms with Gasteiger partial charge >= 0.3 is 5.69 Å². The van der Waals surface area contributed by atoms with E-state index in [1.54, 1.807) is 24.3 Å². The highest BCUT2D eigenvalue weighted by Gasteiger charge is 2.24. The summed E-state index contributed by atoms with van der Waals surface area (Å²) in [7, 11) is 1.54. The van der Waals surface area contributed by atoms with Crippen LogP contribution in [0.1, 0.15) is 28.8 Å². The van der Waals surface area contributed by atoms with Gasteiger partial charge in [0.25, 0.3) is 5.56 Å². The normalized spacial score (nSPS) is 15.5. The number of carbonyl (C=O) groups is 1. The van der Waals surface area contributed by atoms with Gasteiger partial charge in [0, 0.05) is 12.2 Å². The summed E-state index contributed by atoms with van der Waals surface area (Å²) in [6.07, 6.45) is 2.90. The predicted molar refractivity (Wildman–Crippen MR) is 131 cm³/mol. The van der Waals surface area contributed by atoms with Crippen LogP contribution in [0.5, 0.6) is 5.75 Å². The van der Waals surface area contributed by atoms with Gasteiger partial charge in [0.05, 0.1) is 38.3 Å². The molecule has 2 aromatic carbocycles. The summed E-state index contributed by atoms with van der Waals surface area (Å²) in [5, 5.41) is 0. The van der Waals surface area contributed by atoms with Crippen LogP contribution in [-0.2, 0) is 17.8 Å². The molecular weight excluding hydrogens is 448 g/mol. The summed E-state index contributed by atoms with van der Waals surface area (Å²) in [6.45, 7) is 2.55. The fourth-order valence-electron chi connectivity index (χ4n) is 4.53. The van der Waals surface area contributed by atoms with Gasteiger partial charge in [0.1, 0.15) is 5.75 Å². The molecule has 0 bridgehead atoms. The van der Waals surface area contributed by atoms with E-state index in [9.17, 15) is 14.4 Å². The van der Waals surface area contributed by atoms with E-state index >= 15 is 0 Å². The van der Waals surface area contributed by atoms with Gasteiger partial charge < -0.3 is 14.0 Å². The lowest BCUT2D eigenvalue weighted by molar-refractivity contribution is 0.0947. The molecule has 180 valence electrons. The first kappa shape index (κ1) is 22.8. The number of ether oxygens (including phenoxy) is 2. The third-order valence-corrected chi connectivity index (χ3v) is 6.37. The molecule has 0 saturated carbocycles. The van der Waals surface area contributed by atoms with Crippen molar-refractivity contribution >= 4 is 16.9 Å². The van der Waals surface area contributed by atoms with E-state index in [0.29, 0.717) is 23.6 Å². The van der Waals surface area contributed by atoms with Crippen molar-refractivity contribution in [3.05, 3.63) is 86.8 Å². The zero-order valence-electron chi connectivity index (χ0n) is 19.6. The average Bonchev–Trinajstić information content (AvgIpc) is 3.53. The molecule has 0 amide bonds. The Morgan fingerprint density at radius 3 is 2.74 bits per heavy atom. The van der Waals surface area contributed by atoms with E-state index in [4.69, 9.17) is 9.47 Å². The molecule has 0 aliphatic carbocycles. The first-order valence-corrected chi connectivity index (χ1v) is 11.5. The van der Waals surface area contributed by atoms with Gasteiger partial charge in [0.2, 0.25) is 0 Å². The van der Waals surface area contributed by atoms with Crippen LogP contribution in [0.2, 0.25) is 0 Å². The minimum absolute atomic E-state index is 0.106. The van der Waals surface area contributed by atoms with Crippen molar-refractivity contribution in [2.24, 2.45) is 0 Å². The minimum Gasteiger partial charge on any atom is -0.497 e. The number of aryl methyl sites for hydroxylation is 1. The Labute approximate surface area is 201 Å². The largest absolute Gasteiger partial charge is 0.497 e. The second-order valence-electron chi connectivity index (χ2n) is 8.66. The maximum Gasteiger partial charge on any atom is 0.337 e. The van der Waals surface area contributed by atoms with Crippen LogP contribution in [0.15, 0.2) is 64.4 Å². The summed E-state index contributed by atoms with van der Waals surface area (Å²) < 4.78 is 15.1. The van der Waals surface area contributed by atoms with Crippen molar-refractivity contribution in [2.75, 3.05) is 13.7 Å². The lowest BCUT2D eigenvalue weighted by atomic mass is 10.1. The lowest BCUT2D eigenvalue weighted by Gasteiger charge is -2.16. The molecule has 1 fully saturated rings. The van der Waals surface area contributed by atoms with Crippen LogP contribution < -0.4 is 16.0 Å². The highest BCUT2D eigenvalue weighted by molar-refractivity contribution is 5.96. The molecule has 1 aliphatic rings. The van der Waals surface area contributed by atoms with Crippen LogP contribution >= 0.6 is 0 Å². The van der Waals surface area contributed by atoms with Crippen LogP contribution in [0.3, 0.4) is 0 Å². The van der Waals surface area contributed by atoms with Gasteiger partial charge in [-0.15, -0.1) is 0 Å². The molecule has 9 nitrogen and oxygen atoms in total. The smallest absolute Gasteiger partial charge is 0.337 e. The maximum absolute atomic E-state index is 13.6. The Morgan fingerprint density at radius 2 is 2.00 bits per heavy atom. The highest BCUT2D eigenvalue weighted by Crippen LogP contribution is 2.19. The number of Topliss-reactive ketones (excluding diaryl/α,β-unsaturated/α-hetero) is 1. The fraction of sp³-hybridized carbons (Fsp3) is 0.308. The zero-order chi connectivity index (χ0) is 24.5. The van der Waals surface area contributed by atoms with Crippen molar-refractivity contribution in [3.63, 3.8) is 0 Å². The third-order valence-electron chi connectivity index (χ3n) is 6.37. The molecule has 0 N–H and O–H groups in total. The first-order valence-electron chi connectivity index (χ1n) is 11.5. The molecule has 5 rings (SSSR count). The molecule has 2 aromatic heterocycles. The topological polar surface area (TPSA) is 97.4 Å². The second kappa shape index (κ2) is 9.34. The van der Waals surface area contributed by atoms with Crippen molar-refractivity contribution in [2.45, 2.75) is 39.0 Å². The van der Waals surface area contributed by atoms with Gasteiger partial charge in [-0.3, -0.25) is 14.2 Å². The van der Waals surface area contributed by atoms with Crippen molar-refractivity contribution in [1.82, 2.24) is 18.7 Å². The SMILES string of the molecule is COc1cccc(C(=O)Cn2cnc3c2c(=O)n(C[C@@H]2CCCO2)c(=O)n3-c2ccccc2C)c1. The molecular formula is C26H26N4O5. The van der Waals surface area contributed by atoms with E-state index in [-0.39, 0.29) is 36.1 Å². The van der Waals surface area contributed by atoms with E-state index in [1.807, 2.05) is 31.2 Å². The average molecular weight is 475 g/mol. The second-order valence-corrected chi connectivity index (χ2v) is 8.66. The van der Waals surface area contributed by atoms with Crippen molar-refractivity contribution in [3.8, 4) is 11.4 Å². The fourth-order valence-corrected chi connectivity index (χ4v) is 4.53. The Hall–Kier alpha value is -3.98. The third kappa shape index (κ3) is 4.19. The van der Waals surface area contributed by atoms with Gasteiger partial charge in [-0.2, -0.15) is 0 Å². The maximum atomic E-state index is 13.6. The quantitative estimate of drug-likeness (QED) is 0.382. The van der Waals surface area contributed by atoms with Crippen LogP contribution in [-0.4, -0.2) is 44.3 Å². The molecule has 35 heavy (non-hydrogen) atoms. The minimum atomic E-state index is -0.485. The number of hydrogen-bond donors (Lipinski definition) is 0. The van der Waals surface area contributed by atoms with Gasteiger partial charge in [-0.25, -0.2) is 14.3 Å². The van der Waals surface area contributed by atoms with Crippen molar-refractivity contribution < 1.29 is 14.3 Å². The number of methoxy groups -OCH3 is 1. The zero-order valence-corrected chi connectivity index (χ0v) is 19.6. The highest BCUT2D eigenvalue weighted by atomic mass is 16.5. The van der Waals surface area contributed by atoms with Gasteiger partial charge in [-0.1, -0.05) is 30.3 Å². The Kier molecular flexibility index (Phi) is 6.08. The molecule has 1 atom stereocenters. The molecule has 9 heteroatoms. The van der Waals surface area contributed by atoms with Crippen LogP contribution in [0.4, 0.5) is 0 Å². The lowest BCUT2D eigenvalue weighted by Crippen LogP contribution is -2.42. The van der Waals surface area contributed by atoms with Gasteiger partial charge in [0.15, 0.2) is 16.9 Å². The molecule has 0 spiro atoms. The Morgan fingerprint density at radius 1 is 1.17 bits per heavy atom.